The first-order valence-electron chi connectivity index (χ1n) is 8.09. The van der Waals surface area contributed by atoms with Crippen LogP contribution in [0.25, 0.3) is 11.3 Å². The molecule has 1 aliphatic heterocycles. The quantitative estimate of drug-likeness (QED) is 0.707. The van der Waals surface area contributed by atoms with E-state index in [1.165, 1.54) is 0 Å². The van der Waals surface area contributed by atoms with Gasteiger partial charge in [-0.2, -0.15) is 5.10 Å². The van der Waals surface area contributed by atoms with Crippen molar-refractivity contribution in [2.45, 2.75) is 13.3 Å². The zero-order valence-corrected chi connectivity index (χ0v) is 14.8. The summed E-state index contributed by atoms with van der Waals surface area (Å²) in [5.41, 5.74) is 5.53. The number of benzene rings is 1. The highest BCUT2D eigenvalue weighted by Crippen LogP contribution is 2.29. The van der Waals surface area contributed by atoms with E-state index in [1.807, 2.05) is 37.0 Å². The molecular weight excluding hydrogens is 336 g/mol. The first-order valence-corrected chi connectivity index (χ1v) is 8.46. The van der Waals surface area contributed by atoms with Crippen molar-refractivity contribution >= 4 is 23.2 Å². The zero-order chi connectivity index (χ0) is 17.6. The molecule has 3 heterocycles. The maximum absolute atomic E-state index is 12.9. The number of halogens is 1. The van der Waals surface area contributed by atoms with Gasteiger partial charge in [-0.3, -0.25) is 14.5 Å². The van der Waals surface area contributed by atoms with Gasteiger partial charge in [-0.05, 0) is 48.7 Å². The number of fused-ring (bicyclic) bond motifs is 1. The fourth-order valence-electron chi connectivity index (χ4n) is 3.37. The van der Waals surface area contributed by atoms with Crippen LogP contribution in [0.2, 0.25) is 5.02 Å². The Morgan fingerprint density at radius 1 is 1.16 bits per heavy atom. The summed E-state index contributed by atoms with van der Waals surface area (Å²) in [4.78, 5) is 19.0. The van der Waals surface area contributed by atoms with E-state index >= 15 is 0 Å². The molecule has 0 fully saturated rings. The minimum absolute atomic E-state index is 0.0152. The molecule has 126 valence electrons. The summed E-state index contributed by atoms with van der Waals surface area (Å²) >= 11 is 6.04. The van der Waals surface area contributed by atoms with Gasteiger partial charge in [0, 0.05) is 35.9 Å². The number of pyridine rings is 1. The maximum Gasteiger partial charge on any atom is 0.258 e. The Morgan fingerprint density at radius 3 is 2.76 bits per heavy atom. The highest BCUT2D eigenvalue weighted by molar-refractivity contribution is 6.30. The molecule has 0 saturated carbocycles. The second-order valence-corrected chi connectivity index (χ2v) is 6.68. The molecule has 25 heavy (non-hydrogen) atoms. The molecule has 0 radical (unpaired) electrons. The van der Waals surface area contributed by atoms with Crippen molar-refractivity contribution in [3.63, 3.8) is 0 Å². The topological polar surface area (TPSA) is 51.0 Å². The molecule has 0 bridgehead atoms. The number of aromatic nitrogens is 3. The molecule has 0 atom stereocenters. The predicted molar refractivity (Wildman–Crippen MR) is 98.0 cm³/mol. The fraction of sp³-hybridized carbons (Fsp3) is 0.211. The normalized spacial score (nSPS) is 13.9. The molecule has 1 amide bonds. The van der Waals surface area contributed by atoms with Crippen LogP contribution >= 0.6 is 11.6 Å². The summed E-state index contributed by atoms with van der Waals surface area (Å²) < 4.78 is 1.82. The Labute approximate surface area is 150 Å². The number of anilines is 1. The van der Waals surface area contributed by atoms with Crippen molar-refractivity contribution in [1.29, 1.82) is 0 Å². The number of carbonyl (C=O) groups excluding carboxylic acids is 1. The van der Waals surface area contributed by atoms with Crippen molar-refractivity contribution < 1.29 is 4.79 Å². The van der Waals surface area contributed by atoms with Gasteiger partial charge in [-0.25, -0.2) is 0 Å². The van der Waals surface area contributed by atoms with E-state index in [2.05, 4.69) is 10.1 Å². The largest absolute Gasteiger partial charge is 0.306 e. The fourth-order valence-corrected chi connectivity index (χ4v) is 3.56. The van der Waals surface area contributed by atoms with Crippen molar-refractivity contribution in [3.05, 3.63) is 64.6 Å². The Balaban J connectivity index is 1.73. The van der Waals surface area contributed by atoms with Crippen LogP contribution < -0.4 is 4.90 Å². The standard InChI is InChI=1S/C19H17ClN4O/c1-12-9-22-23(2)18(12)14-8-16(11-21-10-14)24-6-5-13-7-15(20)3-4-17(13)19(24)25/h3-4,7-11H,5-6H2,1-2H3. The highest BCUT2D eigenvalue weighted by Gasteiger charge is 2.26. The third-order valence-electron chi connectivity index (χ3n) is 4.58. The lowest BCUT2D eigenvalue weighted by Gasteiger charge is -2.28. The van der Waals surface area contributed by atoms with E-state index in [1.54, 1.807) is 29.4 Å². The van der Waals surface area contributed by atoms with E-state index in [0.29, 0.717) is 17.1 Å². The molecule has 3 aromatic rings. The van der Waals surface area contributed by atoms with Gasteiger partial charge in [-0.15, -0.1) is 0 Å². The third-order valence-corrected chi connectivity index (χ3v) is 4.81. The van der Waals surface area contributed by atoms with Gasteiger partial charge >= 0.3 is 0 Å². The smallest absolute Gasteiger partial charge is 0.258 e. The number of rotatable bonds is 2. The predicted octanol–water partition coefficient (Wildman–Crippen LogP) is 3.65. The molecule has 1 aliphatic rings. The van der Waals surface area contributed by atoms with Gasteiger partial charge in [0.1, 0.15) is 0 Å². The van der Waals surface area contributed by atoms with Crippen LogP contribution in [0, 0.1) is 6.92 Å². The van der Waals surface area contributed by atoms with E-state index in [-0.39, 0.29) is 5.91 Å². The van der Waals surface area contributed by atoms with Crippen LogP contribution in [-0.4, -0.2) is 27.2 Å². The average Bonchev–Trinajstić information content (AvgIpc) is 2.94. The number of carbonyl (C=O) groups is 1. The summed E-state index contributed by atoms with van der Waals surface area (Å²) in [6, 6.07) is 7.43. The van der Waals surface area contributed by atoms with E-state index in [4.69, 9.17) is 11.6 Å². The summed E-state index contributed by atoms with van der Waals surface area (Å²) in [6.45, 7) is 2.63. The summed E-state index contributed by atoms with van der Waals surface area (Å²) in [7, 11) is 1.90. The summed E-state index contributed by atoms with van der Waals surface area (Å²) in [5, 5.41) is 4.95. The Hall–Kier alpha value is -2.66. The summed E-state index contributed by atoms with van der Waals surface area (Å²) in [5.74, 6) is -0.0152. The van der Waals surface area contributed by atoms with Crippen molar-refractivity contribution in [2.24, 2.45) is 7.05 Å². The lowest BCUT2D eigenvalue weighted by atomic mass is 9.98. The van der Waals surface area contributed by atoms with Gasteiger partial charge in [0.15, 0.2) is 0 Å². The lowest BCUT2D eigenvalue weighted by molar-refractivity contribution is 0.0980. The van der Waals surface area contributed by atoms with Crippen LogP contribution in [-0.2, 0) is 13.5 Å². The van der Waals surface area contributed by atoms with Crippen LogP contribution in [0.3, 0.4) is 0 Å². The van der Waals surface area contributed by atoms with Crippen LogP contribution in [0.4, 0.5) is 5.69 Å². The molecule has 1 aromatic carbocycles. The number of hydrogen-bond donors (Lipinski definition) is 0. The number of hydrogen-bond acceptors (Lipinski definition) is 3. The second-order valence-electron chi connectivity index (χ2n) is 6.24. The second kappa shape index (κ2) is 6.01. The maximum atomic E-state index is 12.9. The van der Waals surface area contributed by atoms with E-state index in [9.17, 15) is 4.79 Å². The zero-order valence-electron chi connectivity index (χ0n) is 14.0. The minimum Gasteiger partial charge on any atom is -0.306 e. The minimum atomic E-state index is -0.0152. The van der Waals surface area contributed by atoms with Crippen molar-refractivity contribution in [3.8, 4) is 11.3 Å². The molecule has 6 heteroatoms. The van der Waals surface area contributed by atoms with Crippen LogP contribution in [0.1, 0.15) is 21.5 Å². The van der Waals surface area contributed by atoms with E-state index < -0.39 is 0 Å². The van der Waals surface area contributed by atoms with Crippen molar-refractivity contribution in [1.82, 2.24) is 14.8 Å². The molecule has 0 spiro atoms. The van der Waals surface area contributed by atoms with Gasteiger partial charge in [-0.1, -0.05) is 11.6 Å². The summed E-state index contributed by atoms with van der Waals surface area (Å²) in [6.07, 6.45) is 6.13. The van der Waals surface area contributed by atoms with Crippen LogP contribution in [0.15, 0.2) is 42.9 Å². The number of aryl methyl sites for hydroxylation is 2. The molecular formula is C19H17ClN4O. The van der Waals surface area contributed by atoms with Gasteiger partial charge in [0.05, 0.1) is 23.8 Å². The molecule has 4 rings (SSSR count). The third kappa shape index (κ3) is 2.70. The monoisotopic (exact) mass is 352 g/mol. The van der Waals surface area contributed by atoms with Gasteiger partial charge in [0.25, 0.3) is 5.91 Å². The Morgan fingerprint density at radius 2 is 2.00 bits per heavy atom. The molecule has 0 aliphatic carbocycles. The molecule has 2 aromatic heterocycles. The van der Waals surface area contributed by atoms with Gasteiger partial charge < -0.3 is 4.90 Å². The van der Waals surface area contributed by atoms with Gasteiger partial charge in [0.2, 0.25) is 0 Å². The first-order chi connectivity index (χ1) is 12.0. The Bertz CT molecular complexity index is 960. The van der Waals surface area contributed by atoms with Crippen LogP contribution in [0.5, 0.6) is 0 Å². The molecule has 0 N–H and O–H groups in total. The molecule has 0 unspecified atom stereocenters. The first kappa shape index (κ1) is 15.8. The van der Waals surface area contributed by atoms with E-state index in [0.717, 1.165) is 34.5 Å². The van der Waals surface area contributed by atoms with Crippen molar-refractivity contribution in [2.75, 3.05) is 11.4 Å². The molecule has 5 nitrogen and oxygen atoms in total. The average molecular weight is 353 g/mol. The SMILES string of the molecule is Cc1cnn(C)c1-c1cncc(N2CCc3cc(Cl)ccc3C2=O)c1. The number of nitrogens with zero attached hydrogens (tertiary/aromatic N) is 4. The lowest BCUT2D eigenvalue weighted by Crippen LogP contribution is -2.37. The molecule has 0 saturated heterocycles. The number of amides is 1. The Kier molecular flexibility index (Phi) is 3.81. The highest BCUT2D eigenvalue weighted by atomic mass is 35.5.